The third-order valence-electron chi connectivity index (χ3n) is 3.58. The van der Waals surface area contributed by atoms with Gasteiger partial charge in [0.25, 0.3) is 0 Å². The monoisotopic (exact) mass is 399 g/mol. The van der Waals surface area contributed by atoms with Crippen molar-refractivity contribution in [2.75, 3.05) is 6.26 Å². The molecule has 2 rings (SSSR count). The van der Waals surface area contributed by atoms with Crippen LogP contribution < -0.4 is 5.11 Å². The molecule has 1 unspecified atom stereocenters. The second-order valence-corrected chi connectivity index (χ2v) is 7.62. The number of alkyl halides is 3. The number of halogens is 3. The largest absolute Gasteiger partial charge is 0.862 e. The molecule has 0 bridgehead atoms. The Balaban J connectivity index is 2.52. The van der Waals surface area contributed by atoms with Crippen LogP contribution in [-0.2, 0) is 16.0 Å². The lowest BCUT2D eigenvalue weighted by Gasteiger charge is -2.21. The second kappa shape index (κ2) is 7.43. The highest BCUT2D eigenvalue weighted by Crippen LogP contribution is 2.31. The molecule has 0 saturated heterocycles. The van der Waals surface area contributed by atoms with E-state index in [4.69, 9.17) is 10.8 Å². The van der Waals surface area contributed by atoms with E-state index in [-0.39, 0.29) is 17.0 Å². The first-order valence-electron chi connectivity index (χ1n) is 7.43. The van der Waals surface area contributed by atoms with E-state index in [0.29, 0.717) is 0 Å². The summed E-state index contributed by atoms with van der Waals surface area (Å²) >= 11 is 0. The van der Waals surface area contributed by atoms with Gasteiger partial charge in [-0.05, 0) is 36.1 Å². The van der Waals surface area contributed by atoms with Crippen molar-refractivity contribution in [2.24, 2.45) is 0 Å². The Morgan fingerprint density at radius 2 is 1.93 bits per heavy atom. The summed E-state index contributed by atoms with van der Waals surface area (Å²) in [6.07, 6.45) is -3.18. The topological polar surface area (TPSA) is 131 Å². The minimum absolute atomic E-state index is 0.0477. The van der Waals surface area contributed by atoms with Crippen molar-refractivity contribution in [3.05, 3.63) is 53.3 Å². The van der Waals surface area contributed by atoms with Gasteiger partial charge in [-0.15, -0.1) is 0 Å². The summed E-state index contributed by atoms with van der Waals surface area (Å²) in [7, 11) is -3.78. The fraction of sp³-hybridized carbons (Fsp3) is 0.250. The van der Waals surface area contributed by atoms with Crippen molar-refractivity contribution in [1.29, 1.82) is 10.8 Å². The van der Waals surface area contributed by atoms with Crippen LogP contribution in [0.25, 0.3) is 0 Å². The molecule has 0 aliphatic heterocycles. The fourth-order valence-corrected chi connectivity index (χ4v) is 2.85. The van der Waals surface area contributed by atoms with Crippen molar-refractivity contribution in [2.45, 2.75) is 23.7 Å². The summed E-state index contributed by atoms with van der Waals surface area (Å²) in [5.41, 5.74) is -1.52. The number of benzene rings is 1. The number of hydrogen-bond acceptors (Lipinski definition) is 7. The molecule has 2 aromatic rings. The minimum Gasteiger partial charge on any atom is -0.862 e. The summed E-state index contributed by atoms with van der Waals surface area (Å²) in [5, 5.41) is 26.1. The molecule has 11 heteroatoms. The first-order valence-corrected chi connectivity index (χ1v) is 9.32. The van der Waals surface area contributed by atoms with E-state index in [1.807, 2.05) is 0 Å². The molecule has 0 aliphatic rings. The number of hydrogen-bond donors (Lipinski definition) is 2. The molecule has 2 N–H and O–H groups in total. The quantitative estimate of drug-likeness (QED) is 0.434. The lowest BCUT2D eigenvalue weighted by Crippen LogP contribution is -2.25. The van der Waals surface area contributed by atoms with E-state index in [9.17, 15) is 26.7 Å². The number of sulfone groups is 1. The minimum atomic E-state index is -4.62. The lowest BCUT2D eigenvalue weighted by atomic mass is 9.90. The molecule has 0 amide bonds. The van der Waals surface area contributed by atoms with Crippen LogP contribution in [0.3, 0.4) is 0 Å². The normalized spacial score (nSPS) is 13.2. The third kappa shape index (κ3) is 5.09. The summed E-state index contributed by atoms with van der Waals surface area (Å²) in [5.74, 6) is -2.27. The fourth-order valence-electron chi connectivity index (χ4n) is 2.33. The van der Waals surface area contributed by atoms with Gasteiger partial charge in [0.15, 0.2) is 0 Å². The zero-order chi connectivity index (χ0) is 20.4. The van der Waals surface area contributed by atoms with Gasteiger partial charge in [0, 0.05) is 24.1 Å². The van der Waals surface area contributed by atoms with Crippen molar-refractivity contribution < 1.29 is 26.7 Å². The van der Waals surface area contributed by atoms with Crippen LogP contribution in [0.5, 0.6) is 0 Å². The van der Waals surface area contributed by atoms with Crippen molar-refractivity contribution in [3.63, 3.8) is 0 Å². The number of aromatic nitrogens is 2. The maximum absolute atomic E-state index is 12.9. The lowest BCUT2D eigenvalue weighted by molar-refractivity contribution is -0.220. The van der Waals surface area contributed by atoms with Crippen LogP contribution >= 0.6 is 0 Å². The van der Waals surface area contributed by atoms with Gasteiger partial charge in [0.1, 0.15) is 0 Å². The number of rotatable bonds is 6. The third-order valence-corrected chi connectivity index (χ3v) is 4.44. The zero-order valence-corrected chi connectivity index (χ0v) is 14.7. The summed E-state index contributed by atoms with van der Waals surface area (Å²) < 4.78 is 62.0. The predicted molar refractivity (Wildman–Crippen MR) is 88.5 cm³/mol. The van der Waals surface area contributed by atoms with Gasteiger partial charge in [-0.25, -0.2) is 18.4 Å². The molecule has 1 atom stereocenters. The molecule has 0 aliphatic carbocycles. The summed E-state index contributed by atoms with van der Waals surface area (Å²) in [6, 6.07) is 5.23. The van der Waals surface area contributed by atoms with E-state index >= 15 is 0 Å². The van der Waals surface area contributed by atoms with Crippen molar-refractivity contribution >= 4 is 21.4 Å². The van der Waals surface area contributed by atoms with Crippen molar-refractivity contribution in [1.82, 2.24) is 9.97 Å². The Morgan fingerprint density at radius 1 is 1.26 bits per heavy atom. The first-order chi connectivity index (χ1) is 12.4. The van der Waals surface area contributed by atoms with Crippen LogP contribution in [-0.4, -0.2) is 36.3 Å². The van der Waals surface area contributed by atoms with E-state index in [1.165, 1.54) is 12.1 Å². The number of nitrogens with one attached hydrogen (secondary N) is 2. The van der Waals surface area contributed by atoms with Gasteiger partial charge in [-0.1, -0.05) is 12.1 Å². The molecule has 0 saturated carbocycles. The van der Waals surface area contributed by atoms with E-state index in [0.717, 1.165) is 30.7 Å². The first kappa shape index (κ1) is 20.5. The summed E-state index contributed by atoms with van der Waals surface area (Å²) in [6.45, 7) is 0. The van der Waals surface area contributed by atoms with Crippen molar-refractivity contribution in [3.8, 4) is 0 Å². The standard InChI is InChI=1S/C16H15F3N4O3S/c1-27(25,26)15-22-6-5-12(23-15)11(8-13(20)24)14(21)9-3-2-4-10(7-9)16(17,18)19/h2-7,11,21H,8H2,1H3,(H2,20,24)/p-1. The molecule has 0 radical (unpaired) electrons. The Bertz CT molecular complexity index is 990. The molecule has 27 heavy (non-hydrogen) atoms. The predicted octanol–water partition coefficient (Wildman–Crippen LogP) is 1.78. The van der Waals surface area contributed by atoms with Crippen LogP contribution in [0.15, 0.2) is 41.7 Å². The highest BCUT2D eigenvalue weighted by atomic mass is 32.2. The van der Waals surface area contributed by atoms with Gasteiger partial charge in [0.05, 0.1) is 11.3 Å². The highest BCUT2D eigenvalue weighted by molar-refractivity contribution is 7.90. The van der Waals surface area contributed by atoms with E-state index in [1.54, 1.807) is 0 Å². The molecule has 7 nitrogen and oxygen atoms in total. The maximum atomic E-state index is 12.9. The Morgan fingerprint density at radius 3 is 2.48 bits per heavy atom. The molecule has 1 aromatic heterocycles. The van der Waals surface area contributed by atoms with Gasteiger partial charge in [0.2, 0.25) is 15.0 Å². The Kier molecular flexibility index (Phi) is 5.64. The molecule has 1 aromatic carbocycles. The van der Waals surface area contributed by atoms with Gasteiger partial charge in [-0.2, -0.15) is 13.2 Å². The molecule has 1 heterocycles. The number of nitrogens with zero attached hydrogens (tertiary/aromatic N) is 2. The smallest absolute Gasteiger partial charge is 0.416 e. The maximum Gasteiger partial charge on any atom is 0.416 e. The average molecular weight is 399 g/mol. The molecule has 0 spiro atoms. The van der Waals surface area contributed by atoms with Crippen LogP contribution in [0.1, 0.15) is 29.2 Å². The SMILES string of the molecule is CS(=O)(=O)c1nccc(C(CC(=N)[O-])C(=N)c2cccc(C(F)(F)F)c2)n1. The van der Waals surface area contributed by atoms with Crippen LogP contribution in [0, 0.1) is 10.8 Å². The van der Waals surface area contributed by atoms with E-state index in [2.05, 4.69) is 9.97 Å². The summed E-state index contributed by atoms with van der Waals surface area (Å²) in [4.78, 5) is 7.42. The zero-order valence-electron chi connectivity index (χ0n) is 13.9. The Labute approximate surface area is 152 Å². The molecular formula is C16H14F3N4O3S-. The second-order valence-electron chi connectivity index (χ2n) is 5.71. The van der Waals surface area contributed by atoms with Gasteiger partial charge >= 0.3 is 6.18 Å². The van der Waals surface area contributed by atoms with Gasteiger partial charge < -0.3 is 15.9 Å². The van der Waals surface area contributed by atoms with Gasteiger partial charge in [-0.3, -0.25) is 0 Å². The highest BCUT2D eigenvalue weighted by Gasteiger charge is 2.31. The Hall–Kier alpha value is -2.82. The average Bonchev–Trinajstić information content (AvgIpc) is 2.57. The van der Waals surface area contributed by atoms with Crippen LogP contribution in [0.4, 0.5) is 13.2 Å². The molecule has 0 fully saturated rings. The van der Waals surface area contributed by atoms with E-state index < -0.39 is 45.0 Å². The van der Waals surface area contributed by atoms with Crippen LogP contribution in [0.2, 0.25) is 0 Å². The molecular weight excluding hydrogens is 385 g/mol. The molecule has 144 valence electrons.